The van der Waals surface area contributed by atoms with Crippen LogP contribution in [0.1, 0.15) is 74.0 Å². The Bertz CT molecular complexity index is 2330. The van der Waals surface area contributed by atoms with Crippen molar-refractivity contribution in [3.8, 4) is 17.2 Å². The lowest BCUT2D eigenvalue weighted by atomic mass is 9.83. The van der Waals surface area contributed by atoms with Crippen LogP contribution in [0.3, 0.4) is 0 Å². The number of hydrogen-bond donors (Lipinski definition) is 3. The first-order chi connectivity index (χ1) is 30.1. The van der Waals surface area contributed by atoms with Gasteiger partial charge in [0.1, 0.15) is 24.6 Å². The largest absolute Gasteiger partial charge is 0.494 e. The Hall–Kier alpha value is -6.86. The van der Waals surface area contributed by atoms with Gasteiger partial charge in [0, 0.05) is 47.7 Å². The average Bonchev–Trinajstić information content (AvgIpc) is 3.67. The molecule has 0 unspecified atom stereocenters. The molecule has 1 aliphatic rings. The van der Waals surface area contributed by atoms with Crippen molar-refractivity contribution in [2.45, 2.75) is 76.9 Å². The number of carbonyl (C=O) groups excluding carboxylic acids is 2. The van der Waals surface area contributed by atoms with Crippen molar-refractivity contribution in [2.75, 3.05) is 19.8 Å². The highest BCUT2D eigenvalue weighted by molar-refractivity contribution is 6.01. The van der Waals surface area contributed by atoms with Crippen LogP contribution in [0.15, 0.2) is 138 Å². The second kappa shape index (κ2) is 21.6. The van der Waals surface area contributed by atoms with E-state index >= 15 is 0 Å². The fourth-order valence-corrected chi connectivity index (χ4v) is 6.75. The van der Waals surface area contributed by atoms with E-state index in [1.165, 1.54) is 0 Å². The lowest BCUT2D eigenvalue weighted by Gasteiger charge is -2.31. The Balaban J connectivity index is 1.25. The second-order valence-electron chi connectivity index (χ2n) is 15.6. The molecule has 0 aromatic heterocycles. The van der Waals surface area contributed by atoms with E-state index in [9.17, 15) is 15.1 Å². The van der Waals surface area contributed by atoms with E-state index in [1.807, 2.05) is 78.9 Å². The molecule has 3 N–H and O–H groups in total. The lowest BCUT2D eigenvalue weighted by molar-refractivity contribution is -0.155. The number of aliphatic hydroxyl groups excluding tert-OH is 1. The SMILES string of the molecule is CC(C)(C)OC(=O)CC[C@]1(C(=O)NNCCc2ccc(OCc3ccccc3)c(OCc3ccccc3)c2)N=C(c2ccc(OCCCO)cc2)O[C@H]1c1ccccc1N=[N+]=[N-]. The van der Waals surface area contributed by atoms with E-state index in [0.717, 1.165) is 16.7 Å². The summed E-state index contributed by atoms with van der Waals surface area (Å²) in [5.74, 6) is 0.820. The number of hydrogen-bond acceptors (Lipinski definition) is 11. The van der Waals surface area contributed by atoms with Crippen molar-refractivity contribution >= 4 is 23.5 Å². The van der Waals surface area contributed by atoms with Gasteiger partial charge in [-0.25, -0.2) is 10.4 Å². The van der Waals surface area contributed by atoms with Crippen molar-refractivity contribution in [3.05, 3.63) is 166 Å². The van der Waals surface area contributed by atoms with Crippen molar-refractivity contribution in [2.24, 2.45) is 10.1 Å². The van der Waals surface area contributed by atoms with Gasteiger partial charge < -0.3 is 28.8 Å². The van der Waals surface area contributed by atoms with Crippen LogP contribution in [0, 0.1) is 0 Å². The van der Waals surface area contributed by atoms with Crippen LogP contribution in [0.4, 0.5) is 5.69 Å². The Kier molecular flexibility index (Phi) is 15.6. The summed E-state index contributed by atoms with van der Waals surface area (Å²) in [5, 5.41) is 13.1. The Morgan fingerprint density at radius 1 is 0.839 bits per heavy atom. The van der Waals surface area contributed by atoms with Gasteiger partial charge in [-0.2, -0.15) is 0 Å². The molecule has 322 valence electrons. The minimum atomic E-state index is -1.73. The van der Waals surface area contributed by atoms with Gasteiger partial charge >= 0.3 is 5.97 Å². The summed E-state index contributed by atoms with van der Waals surface area (Å²) >= 11 is 0. The third-order valence-electron chi connectivity index (χ3n) is 9.75. The molecule has 0 saturated heterocycles. The first-order valence-electron chi connectivity index (χ1n) is 20.5. The molecule has 14 heteroatoms. The molecule has 0 fully saturated rings. The summed E-state index contributed by atoms with van der Waals surface area (Å²) in [4.78, 5) is 35.9. The average molecular weight is 841 g/mol. The minimum absolute atomic E-state index is 0.00686. The maximum atomic E-state index is 14.7. The van der Waals surface area contributed by atoms with E-state index in [1.54, 1.807) is 69.3 Å². The highest BCUT2D eigenvalue weighted by Crippen LogP contribution is 2.46. The molecule has 1 amide bonds. The molecule has 2 atom stereocenters. The zero-order chi connectivity index (χ0) is 43.8. The van der Waals surface area contributed by atoms with Gasteiger partial charge in [-0.15, -0.1) is 0 Å². The number of hydrazine groups is 1. The monoisotopic (exact) mass is 840 g/mol. The summed E-state index contributed by atoms with van der Waals surface area (Å²) in [6.07, 6.45) is -0.423. The predicted octanol–water partition coefficient (Wildman–Crippen LogP) is 8.79. The fraction of sp³-hybridized carbons (Fsp3) is 0.312. The van der Waals surface area contributed by atoms with Gasteiger partial charge in [0.05, 0.1) is 6.61 Å². The summed E-state index contributed by atoms with van der Waals surface area (Å²) in [6.45, 7) is 6.69. The predicted molar refractivity (Wildman–Crippen MR) is 235 cm³/mol. The maximum absolute atomic E-state index is 14.7. The maximum Gasteiger partial charge on any atom is 0.306 e. The highest BCUT2D eigenvalue weighted by Gasteiger charge is 2.54. The van der Waals surface area contributed by atoms with E-state index in [2.05, 4.69) is 20.9 Å². The first kappa shape index (κ1) is 44.7. The number of rotatable bonds is 21. The van der Waals surface area contributed by atoms with Crippen LogP contribution >= 0.6 is 0 Å². The Labute approximate surface area is 361 Å². The quantitative estimate of drug-likeness (QED) is 0.0162. The summed E-state index contributed by atoms with van der Waals surface area (Å²) in [7, 11) is 0. The number of amides is 1. The van der Waals surface area contributed by atoms with Crippen molar-refractivity contribution in [3.63, 3.8) is 0 Å². The van der Waals surface area contributed by atoms with Gasteiger partial charge in [-0.05, 0) is 92.2 Å². The third-order valence-corrected chi connectivity index (χ3v) is 9.75. The number of nitrogens with one attached hydrogen (secondary N) is 2. The van der Waals surface area contributed by atoms with Gasteiger partial charge in [0.15, 0.2) is 23.1 Å². The first-order valence-corrected chi connectivity index (χ1v) is 20.5. The van der Waals surface area contributed by atoms with Gasteiger partial charge in [-0.3, -0.25) is 15.0 Å². The molecule has 0 radical (unpaired) electrons. The molecule has 62 heavy (non-hydrogen) atoms. The molecule has 6 rings (SSSR count). The van der Waals surface area contributed by atoms with Crippen molar-refractivity contribution < 1.29 is 38.4 Å². The standard InChI is InChI=1S/C48H52N6O8/c1-47(2,3)62-43(56)25-27-48(44(39-17-10-11-18-40(39)52-54-49)61-45(51-48)37-20-22-38(23-21-37)58-30-12-29-55)46(57)53-50-28-26-34-19-24-41(59-32-35-13-6-4-7-14-35)42(31-34)60-33-36-15-8-5-9-16-36/h4-11,13-24,31,44,50,55H,12,25-30,32-33H2,1-3H3,(H,53,57)/t44-,48-/m0/s1. The topological polar surface area (TPSA) is 186 Å². The summed E-state index contributed by atoms with van der Waals surface area (Å²) < 4.78 is 30.4. The Morgan fingerprint density at radius 3 is 2.16 bits per heavy atom. The van der Waals surface area contributed by atoms with E-state index < -0.39 is 29.1 Å². The van der Waals surface area contributed by atoms with Crippen molar-refractivity contribution in [1.29, 1.82) is 0 Å². The number of aliphatic hydroxyl groups is 1. The molecule has 0 bridgehead atoms. The molecule has 0 aliphatic carbocycles. The normalized spacial score (nSPS) is 15.7. The smallest absolute Gasteiger partial charge is 0.306 e. The van der Waals surface area contributed by atoms with E-state index in [0.29, 0.717) is 67.6 Å². The molecular weight excluding hydrogens is 789 g/mol. The Morgan fingerprint density at radius 2 is 1.50 bits per heavy atom. The fourth-order valence-electron chi connectivity index (χ4n) is 6.75. The van der Waals surface area contributed by atoms with Gasteiger partial charge in [0.25, 0.3) is 5.91 Å². The second-order valence-corrected chi connectivity index (χ2v) is 15.6. The van der Waals surface area contributed by atoms with Crippen molar-refractivity contribution in [1.82, 2.24) is 10.9 Å². The van der Waals surface area contributed by atoms with Crippen LogP contribution in [-0.4, -0.2) is 53.8 Å². The number of carbonyl (C=O) groups is 2. The molecule has 5 aromatic rings. The lowest BCUT2D eigenvalue weighted by Crippen LogP contribution is -2.53. The zero-order valence-corrected chi connectivity index (χ0v) is 35.2. The number of esters is 1. The molecule has 14 nitrogen and oxygen atoms in total. The number of azide groups is 1. The van der Waals surface area contributed by atoms with Crippen LogP contribution in [0.25, 0.3) is 10.4 Å². The van der Waals surface area contributed by atoms with E-state index in [-0.39, 0.29) is 31.0 Å². The summed E-state index contributed by atoms with van der Waals surface area (Å²) in [6, 6.07) is 39.3. The molecule has 0 spiro atoms. The number of benzene rings is 5. The van der Waals surface area contributed by atoms with E-state index in [4.69, 9.17) is 33.8 Å². The number of ether oxygens (including phenoxy) is 5. The summed E-state index contributed by atoms with van der Waals surface area (Å²) in [5.41, 5.74) is 17.1. The molecule has 1 aliphatic heterocycles. The third kappa shape index (κ3) is 12.4. The van der Waals surface area contributed by atoms with Crippen LogP contribution in [0.2, 0.25) is 0 Å². The van der Waals surface area contributed by atoms with Crippen LogP contribution in [0.5, 0.6) is 17.2 Å². The molecule has 1 heterocycles. The molecule has 5 aromatic carbocycles. The molecular formula is C48H52N6O8. The minimum Gasteiger partial charge on any atom is -0.494 e. The zero-order valence-electron chi connectivity index (χ0n) is 35.2. The molecule has 0 saturated carbocycles. The van der Waals surface area contributed by atoms with Gasteiger partial charge in [0.2, 0.25) is 5.90 Å². The number of nitrogens with zero attached hydrogens (tertiary/aromatic N) is 4. The highest BCUT2D eigenvalue weighted by atomic mass is 16.6. The van der Waals surface area contributed by atoms with Gasteiger partial charge in [-0.1, -0.05) is 96.1 Å². The van der Waals surface area contributed by atoms with Crippen LogP contribution in [-0.2, 0) is 38.7 Å². The van der Waals surface area contributed by atoms with Crippen LogP contribution < -0.4 is 25.1 Å². The number of aliphatic imine (C=N–C) groups is 1.